The molecule has 1 aliphatic rings. The molecule has 1 fully saturated rings. The Morgan fingerprint density at radius 2 is 2.03 bits per heavy atom. The number of hydrogen-bond donors (Lipinski definition) is 2. The lowest BCUT2D eigenvalue weighted by Crippen LogP contribution is -2.40. The van der Waals surface area contributed by atoms with Crippen LogP contribution in [0.15, 0.2) is 30.3 Å². The number of anilines is 2. The molecule has 1 heterocycles. The van der Waals surface area contributed by atoms with Crippen molar-refractivity contribution in [3.05, 3.63) is 51.1 Å². The molecule has 11 heteroatoms. The zero-order chi connectivity index (χ0) is 22.8. The highest BCUT2D eigenvalue weighted by atomic mass is 127. The van der Waals surface area contributed by atoms with Gasteiger partial charge >= 0.3 is 0 Å². The van der Waals surface area contributed by atoms with Gasteiger partial charge in [0.2, 0.25) is 10.0 Å². The number of ether oxygens (including phenoxy) is 1. The first-order valence-corrected chi connectivity index (χ1v) is 12.3. The highest BCUT2D eigenvalue weighted by molar-refractivity contribution is 14.1. The van der Waals surface area contributed by atoms with Crippen LogP contribution >= 0.6 is 22.6 Å². The van der Waals surface area contributed by atoms with Crippen molar-refractivity contribution < 1.29 is 26.7 Å². The van der Waals surface area contributed by atoms with Gasteiger partial charge < -0.3 is 15.8 Å². The molecule has 1 aliphatic heterocycles. The number of hydrogen-bond acceptors (Lipinski definition) is 5. The molecule has 3 rings (SSSR count). The maximum atomic E-state index is 14.3. The molecule has 168 valence electrons. The summed E-state index contributed by atoms with van der Waals surface area (Å²) in [4.78, 5) is 12.1. The van der Waals surface area contributed by atoms with Crippen LogP contribution in [-0.2, 0) is 10.0 Å². The molecule has 2 aromatic rings. The fourth-order valence-electron chi connectivity index (χ4n) is 3.48. The highest BCUT2D eigenvalue weighted by Crippen LogP contribution is 2.32. The fraction of sp³-hybridized carbons (Fsp3) is 0.350. The van der Waals surface area contributed by atoms with E-state index in [0.29, 0.717) is 23.0 Å². The Bertz CT molecular complexity index is 1100. The van der Waals surface area contributed by atoms with E-state index in [9.17, 15) is 22.0 Å². The molecule has 31 heavy (non-hydrogen) atoms. The molecule has 0 spiro atoms. The van der Waals surface area contributed by atoms with Crippen LogP contribution < -0.4 is 15.8 Å². The predicted octanol–water partition coefficient (Wildman–Crippen LogP) is 3.60. The average Bonchev–Trinajstić information content (AvgIpc) is 3.17. The summed E-state index contributed by atoms with van der Waals surface area (Å²) in [6.45, 7) is 1.88. The number of halogens is 3. The molecule has 3 N–H and O–H groups in total. The molecule has 2 aromatic carbocycles. The van der Waals surface area contributed by atoms with Gasteiger partial charge in [-0.05, 0) is 66.6 Å². The van der Waals surface area contributed by atoms with Gasteiger partial charge in [-0.25, -0.2) is 17.2 Å². The molecule has 1 saturated heterocycles. The Labute approximate surface area is 193 Å². The van der Waals surface area contributed by atoms with E-state index < -0.39 is 33.6 Å². The second kappa shape index (κ2) is 9.65. The minimum Gasteiger partial charge on any atom is -0.491 e. The van der Waals surface area contributed by atoms with Gasteiger partial charge in [-0.3, -0.25) is 4.79 Å². The van der Waals surface area contributed by atoms with Gasteiger partial charge in [-0.15, -0.1) is 0 Å². The van der Waals surface area contributed by atoms with Gasteiger partial charge in [-0.1, -0.05) is 0 Å². The van der Waals surface area contributed by atoms with Crippen molar-refractivity contribution in [3.63, 3.8) is 0 Å². The summed E-state index contributed by atoms with van der Waals surface area (Å²) in [5.74, 6) is -2.38. The molecular weight excluding hydrogens is 543 g/mol. The molecule has 0 unspecified atom stereocenters. The third-order valence-electron chi connectivity index (χ3n) is 4.99. The van der Waals surface area contributed by atoms with Crippen molar-refractivity contribution in [2.75, 3.05) is 24.2 Å². The highest BCUT2D eigenvalue weighted by Gasteiger charge is 2.34. The van der Waals surface area contributed by atoms with E-state index in [1.165, 1.54) is 16.4 Å². The summed E-state index contributed by atoms with van der Waals surface area (Å²) < 4.78 is 60.8. The molecule has 1 atom stereocenters. The fourth-order valence-corrected chi connectivity index (χ4v) is 5.29. The Morgan fingerprint density at radius 3 is 2.68 bits per heavy atom. The first kappa shape index (κ1) is 23.7. The summed E-state index contributed by atoms with van der Waals surface area (Å²) in [6, 6.07) is 5.98. The van der Waals surface area contributed by atoms with Gasteiger partial charge in [0, 0.05) is 16.2 Å². The minimum atomic E-state index is -3.41. The van der Waals surface area contributed by atoms with Gasteiger partial charge in [0.05, 0.1) is 23.2 Å². The molecule has 1 amide bonds. The first-order chi connectivity index (χ1) is 14.6. The van der Waals surface area contributed by atoms with Crippen molar-refractivity contribution in [1.82, 2.24) is 4.31 Å². The maximum Gasteiger partial charge on any atom is 0.254 e. The molecule has 0 saturated carbocycles. The second-order valence-electron chi connectivity index (χ2n) is 7.06. The van der Waals surface area contributed by atoms with E-state index in [4.69, 9.17) is 10.5 Å². The van der Waals surface area contributed by atoms with Gasteiger partial charge in [0.1, 0.15) is 29.6 Å². The van der Waals surface area contributed by atoms with Crippen LogP contribution in [0.1, 0.15) is 30.1 Å². The van der Waals surface area contributed by atoms with Gasteiger partial charge in [0.15, 0.2) is 0 Å². The number of nitrogens with one attached hydrogen (secondary N) is 1. The molecule has 7 nitrogen and oxygen atoms in total. The zero-order valence-electron chi connectivity index (χ0n) is 16.7. The van der Waals surface area contributed by atoms with E-state index in [1.807, 2.05) is 22.6 Å². The summed E-state index contributed by atoms with van der Waals surface area (Å²) in [5.41, 5.74) is 5.34. The van der Waals surface area contributed by atoms with Crippen LogP contribution in [0.3, 0.4) is 0 Å². The smallest absolute Gasteiger partial charge is 0.254 e. The number of carbonyl (C=O) groups is 1. The molecule has 0 radical (unpaired) electrons. The van der Waals surface area contributed by atoms with Crippen LogP contribution in [0, 0.1) is 15.2 Å². The Balaban J connectivity index is 1.89. The number of nitrogens with two attached hydrogens (primary N) is 1. The summed E-state index contributed by atoms with van der Waals surface area (Å²) in [5, 5.41) is 2.70. The third-order valence-corrected chi connectivity index (χ3v) is 7.59. The average molecular weight is 565 g/mol. The number of nitrogens with zero attached hydrogens (tertiary/aromatic N) is 1. The Morgan fingerprint density at radius 1 is 1.29 bits per heavy atom. The van der Waals surface area contributed by atoms with Crippen molar-refractivity contribution in [2.24, 2.45) is 5.73 Å². The van der Waals surface area contributed by atoms with E-state index >= 15 is 0 Å². The van der Waals surface area contributed by atoms with E-state index in [0.717, 1.165) is 12.1 Å². The predicted molar refractivity (Wildman–Crippen MR) is 122 cm³/mol. The normalized spacial score (nSPS) is 17.0. The number of amides is 1. The van der Waals surface area contributed by atoms with E-state index in [-0.39, 0.29) is 35.0 Å². The van der Waals surface area contributed by atoms with E-state index in [1.54, 1.807) is 13.0 Å². The largest absolute Gasteiger partial charge is 0.491 e. The molecule has 0 bridgehead atoms. The van der Waals surface area contributed by atoms with Crippen LogP contribution in [0.4, 0.5) is 20.2 Å². The summed E-state index contributed by atoms with van der Waals surface area (Å²) in [6.07, 6.45) is 1.26. The van der Waals surface area contributed by atoms with Crippen LogP contribution in [-0.4, -0.2) is 43.6 Å². The number of primary amides is 1. The standard InChI is InChI=1S/C20H22F2IN3O4S/c1-2-31(28,29)26-7-3-4-14(26)11-30-18-9-12(21)8-17(19(18)20(24)27)25-16-6-5-13(23)10-15(16)22/h5-6,8-10,14,25H,2-4,7,11H2,1H3,(H2,24,27)/t14-/m1/s1. The van der Waals surface area contributed by atoms with Crippen molar-refractivity contribution in [1.29, 1.82) is 0 Å². The van der Waals surface area contributed by atoms with Crippen LogP contribution in [0.25, 0.3) is 0 Å². The van der Waals surface area contributed by atoms with Gasteiger partial charge in [0.25, 0.3) is 5.91 Å². The summed E-state index contributed by atoms with van der Waals surface area (Å²) >= 11 is 1.95. The summed E-state index contributed by atoms with van der Waals surface area (Å²) in [7, 11) is -3.41. The number of rotatable bonds is 8. The van der Waals surface area contributed by atoms with Crippen molar-refractivity contribution in [2.45, 2.75) is 25.8 Å². The topological polar surface area (TPSA) is 102 Å². The third kappa shape index (κ3) is 5.44. The van der Waals surface area contributed by atoms with Crippen LogP contribution in [0.5, 0.6) is 5.75 Å². The Kier molecular flexibility index (Phi) is 7.37. The maximum absolute atomic E-state index is 14.3. The quantitative estimate of drug-likeness (QED) is 0.477. The lowest BCUT2D eigenvalue weighted by Gasteiger charge is -2.24. The zero-order valence-corrected chi connectivity index (χ0v) is 19.7. The van der Waals surface area contributed by atoms with Gasteiger partial charge in [-0.2, -0.15) is 4.31 Å². The Hall–Kier alpha value is -1.99. The number of benzene rings is 2. The lowest BCUT2D eigenvalue weighted by atomic mass is 10.1. The molecular formula is C20H22F2IN3O4S. The number of sulfonamides is 1. The molecule has 0 aliphatic carbocycles. The minimum absolute atomic E-state index is 0.0361. The monoisotopic (exact) mass is 565 g/mol. The second-order valence-corrected chi connectivity index (χ2v) is 10.5. The first-order valence-electron chi connectivity index (χ1n) is 9.60. The van der Waals surface area contributed by atoms with Crippen LogP contribution in [0.2, 0.25) is 0 Å². The lowest BCUT2D eigenvalue weighted by molar-refractivity contribution is 0.0996. The molecule has 0 aromatic heterocycles. The van der Waals surface area contributed by atoms with Crippen molar-refractivity contribution >= 4 is 49.9 Å². The SMILES string of the molecule is CCS(=O)(=O)N1CCC[C@@H]1COc1cc(F)cc(Nc2ccc(I)cc2F)c1C(N)=O. The van der Waals surface area contributed by atoms with Crippen molar-refractivity contribution in [3.8, 4) is 5.75 Å². The number of carbonyl (C=O) groups excluding carboxylic acids is 1. The van der Waals surface area contributed by atoms with E-state index in [2.05, 4.69) is 5.32 Å².